The molecule has 1 N–H and O–H groups in total. The van der Waals surface area contributed by atoms with E-state index in [0.717, 1.165) is 16.6 Å². The van der Waals surface area contributed by atoms with E-state index in [1.807, 2.05) is 39.9 Å². The van der Waals surface area contributed by atoms with Crippen LogP contribution >= 0.6 is 11.6 Å². The smallest absolute Gasteiger partial charge is 0.263 e. The van der Waals surface area contributed by atoms with Crippen LogP contribution in [-0.2, 0) is 21.4 Å². The van der Waals surface area contributed by atoms with Crippen molar-refractivity contribution in [2.45, 2.75) is 11.4 Å². The van der Waals surface area contributed by atoms with Crippen LogP contribution < -0.4 is 9.62 Å². The molecule has 2 aromatic heterocycles. The molecular formula is C24H25ClN6O3S. The Kier molecular flexibility index (Phi) is 6.31. The Morgan fingerprint density at radius 1 is 1.03 bits per heavy atom. The Balaban J connectivity index is 0.00000304. The van der Waals surface area contributed by atoms with Crippen LogP contribution in [0.1, 0.15) is 1.43 Å². The van der Waals surface area contributed by atoms with Gasteiger partial charge in [-0.3, -0.25) is 9.52 Å². The molecule has 5 rings (SSSR count). The summed E-state index contributed by atoms with van der Waals surface area (Å²) in [4.78, 5) is 24.7. The second-order valence-electron chi connectivity index (χ2n) is 8.21. The van der Waals surface area contributed by atoms with Crippen LogP contribution in [0.5, 0.6) is 0 Å². The van der Waals surface area contributed by atoms with Crippen molar-refractivity contribution in [3.63, 3.8) is 0 Å². The monoisotopic (exact) mass is 512 g/mol. The molecule has 2 aromatic carbocycles. The summed E-state index contributed by atoms with van der Waals surface area (Å²) >= 11 is 6.12. The first-order valence-electron chi connectivity index (χ1n) is 11.1. The number of sulfonamides is 1. The van der Waals surface area contributed by atoms with E-state index in [1.54, 1.807) is 24.3 Å². The number of carbonyl (C=O) groups excluding carboxylic acids is 1. The fourth-order valence-electron chi connectivity index (χ4n) is 4.14. The molecule has 0 saturated carbocycles. The summed E-state index contributed by atoms with van der Waals surface area (Å²) in [7, 11) is -3.75. The number of anilines is 2. The predicted molar refractivity (Wildman–Crippen MR) is 137 cm³/mol. The summed E-state index contributed by atoms with van der Waals surface area (Å²) in [5.41, 5.74) is 1.85. The lowest BCUT2D eigenvalue weighted by molar-refractivity contribution is -0.132. The van der Waals surface area contributed by atoms with E-state index in [1.165, 1.54) is 18.6 Å². The van der Waals surface area contributed by atoms with Crippen molar-refractivity contribution in [2.75, 3.05) is 35.8 Å². The van der Waals surface area contributed by atoms with Gasteiger partial charge >= 0.3 is 0 Å². The van der Waals surface area contributed by atoms with E-state index >= 15 is 0 Å². The highest BCUT2D eigenvalue weighted by atomic mass is 35.5. The third-order valence-corrected chi connectivity index (χ3v) is 7.61. The molecule has 11 heteroatoms. The Bertz CT molecular complexity index is 1460. The number of benzene rings is 2. The normalized spacial score (nSPS) is 14.3. The zero-order valence-corrected chi connectivity index (χ0v) is 20.3. The maximum absolute atomic E-state index is 12.9. The third kappa shape index (κ3) is 5.08. The second-order valence-corrected chi connectivity index (χ2v) is 10.3. The molecule has 0 radical (unpaired) electrons. The van der Waals surface area contributed by atoms with Crippen molar-refractivity contribution in [2.24, 2.45) is 0 Å². The first-order valence-corrected chi connectivity index (χ1v) is 12.9. The Hall–Kier alpha value is -3.63. The molecule has 0 unspecified atom stereocenters. The largest absolute Gasteiger partial charge is 0.368 e. The number of nitrogens with one attached hydrogen (secondary N) is 1. The minimum absolute atomic E-state index is 0. The van der Waals surface area contributed by atoms with Crippen molar-refractivity contribution in [1.82, 2.24) is 19.4 Å². The highest BCUT2D eigenvalue weighted by Gasteiger charge is 2.22. The number of halogens is 1. The zero-order valence-electron chi connectivity index (χ0n) is 18.7. The lowest BCUT2D eigenvalue weighted by atomic mass is 10.2. The number of rotatable bonds is 6. The highest BCUT2D eigenvalue weighted by Crippen LogP contribution is 2.23. The Labute approximate surface area is 209 Å². The average molecular weight is 513 g/mol. The lowest BCUT2D eigenvalue weighted by Gasteiger charge is -2.36. The van der Waals surface area contributed by atoms with Gasteiger partial charge in [0.25, 0.3) is 10.0 Å². The molecule has 1 aliphatic heterocycles. The van der Waals surface area contributed by atoms with E-state index in [0.29, 0.717) is 31.2 Å². The lowest BCUT2D eigenvalue weighted by Crippen LogP contribution is -2.49. The van der Waals surface area contributed by atoms with Gasteiger partial charge in [-0.2, -0.15) is 0 Å². The first kappa shape index (κ1) is 23.1. The number of hydrogen-bond donors (Lipinski definition) is 1. The quantitative estimate of drug-likeness (QED) is 0.424. The van der Waals surface area contributed by atoms with E-state index in [2.05, 4.69) is 19.6 Å². The number of nitrogens with zero attached hydrogens (tertiary/aromatic N) is 5. The van der Waals surface area contributed by atoms with Crippen LogP contribution in [-0.4, -0.2) is 59.9 Å². The van der Waals surface area contributed by atoms with Crippen LogP contribution in [0.15, 0.2) is 78.2 Å². The van der Waals surface area contributed by atoms with Gasteiger partial charge in [0.2, 0.25) is 5.91 Å². The van der Waals surface area contributed by atoms with Crippen LogP contribution in [0.2, 0.25) is 5.02 Å². The molecule has 1 amide bonds. The number of amides is 1. The molecule has 4 aromatic rings. The molecule has 182 valence electrons. The van der Waals surface area contributed by atoms with Crippen molar-refractivity contribution >= 4 is 49.9 Å². The topological polar surface area (TPSA) is 100 Å². The summed E-state index contributed by atoms with van der Waals surface area (Å²) in [6, 6.07) is 15.8. The molecule has 3 heterocycles. The predicted octanol–water partition coefficient (Wildman–Crippen LogP) is 3.48. The maximum Gasteiger partial charge on any atom is 0.263 e. The van der Waals surface area contributed by atoms with E-state index in [9.17, 15) is 13.2 Å². The zero-order chi connectivity index (χ0) is 24.4. The average Bonchev–Trinajstić information content (AvgIpc) is 3.26. The second kappa shape index (κ2) is 9.55. The molecule has 0 bridgehead atoms. The molecular weight excluding hydrogens is 488 g/mol. The summed E-state index contributed by atoms with van der Waals surface area (Å²) in [6.07, 6.45) is 4.65. The summed E-state index contributed by atoms with van der Waals surface area (Å²) in [5, 5.41) is 1.69. The molecule has 1 saturated heterocycles. The molecule has 0 spiro atoms. The third-order valence-electron chi connectivity index (χ3n) is 6.01. The van der Waals surface area contributed by atoms with Gasteiger partial charge in [-0.25, -0.2) is 18.4 Å². The van der Waals surface area contributed by atoms with Crippen LogP contribution in [0.4, 0.5) is 11.5 Å². The number of carbonyl (C=O) groups is 1. The van der Waals surface area contributed by atoms with Crippen molar-refractivity contribution in [3.8, 4) is 0 Å². The fraction of sp³-hybridized carbons (Fsp3) is 0.208. The van der Waals surface area contributed by atoms with Crippen LogP contribution in [0.3, 0.4) is 0 Å². The van der Waals surface area contributed by atoms with Gasteiger partial charge in [-0.1, -0.05) is 17.7 Å². The van der Waals surface area contributed by atoms with Gasteiger partial charge in [0, 0.05) is 56.2 Å². The van der Waals surface area contributed by atoms with Gasteiger partial charge in [0.15, 0.2) is 0 Å². The molecule has 0 atom stereocenters. The van der Waals surface area contributed by atoms with E-state index in [-0.39, 0.29) is 24.6 Å². The van der Waals surface area contributed by atoms with Crippen molar-refractivity contribution in [1.29, 1.82) is 0 Å². The van der Waals surface area contributed by atoms with Gasteiger partial charge in [0.1, 0.15) is 18.7 Å². The summed E-state index contributed by atoms with van der Waals surface area (Å²) < 4.78 is 29.6. The van der Waals surface area contributed by atoms with Crippen LogP contribution in [0.25, 0.3) is 10.9 Å². The van der Waals surface area contributed by atoms with Crippen LogP contribution in [0, 0.1) is 0 Å². The SMILES string of the molecule is O=C(Cn1ccc2ccc(Cl)cc21)N1CCN(c2ccc(S(=O)(=O)Nc3ccncn3)cc2)CC1.[HH]. The summed E-state index contributed by atoms with van der Waals surface area (Å²) in [6.45, 7) is 2.77. The number of fused-ring (bicyclic) bond motifs is 1. The minimum atomic E-state index is -3.75. The molecule has 1 aliphatic rings. The van der Waals surface area contributed by atoms with Crippen molar-refractivity contribution in [3.05, 3.63) is 78.3 Å². The molecule has 1 fully saturated rings. The summed E-state index contributed by atoms with van der Waals surface area (Å²) in [5.74, 6) is 0.264. The Morgan fingerprint density at radius 3 is 2.51 bits per heavy atom. The fourth-order valence-corrected chi connectivity index (χ4v) is 5.31. The number of hydrogen-bond acceptors (Lipinski definition) is 6. The van der Waals surface area contributed by atoms with E-state index < -0.39 is 10.0 Å². The molecule has 35 heavy (non-hydrogen) atoms. The van der Waals surface area contributed by atoms with Gasteiger partial charge in [-0.05, 0) is 53.9 Å². The number of piperazine rings is 1. The van der Waals surface area contributed by atoms with Gasteiger partial charge < -0.3 is 14.4 Å². The Morgan fingerprint density at radius 2 is 1.80 bits per heavy atom. The van der Waals surface area contributed by atoms with E-state index in [4.69, 9.17) is 11.6 Å². The highest BCUT2D eigenvalue weighted by molar-refractivity contribution is 7.92. The minimum Gasteiger partial charge on any atom is -0.368 e. The molecule has 9 nitrogen and oxygen atoms in total. The first-order chi connectivity index (χ1) is 16.9. The molecule has 0 aliphatic carbocycles. The maximum atomic E-state index is 12.9. The van der Waals surface area contributed by atoms with Gasteiger partial charge in [0.05, 0.1) is 4.90 Å². The number of aromatic nitrogens is 3. The van der Waals surface area contributed by atoms with Gasteiger partial charge in [-0.15, -0.1) is 0 Å². The standard InChI is InChI=1S/C24H23ClN6O3S.H2/c25-19-2-1-18-8-10-31(22(18)15-19)16-24(32)30-13-11-29(12-14-30)20-3-5-21(6-4-20)35(33,34)28-23-7-9-26-17-27-23;/h1-10,15,17H,11-14,16H2,(H,26,27,28);1H. The van der Waals surface area contributed by atoms with Crippen molar-refractivity contribution < 1.29 is 14.6 Å².